The molecule has 0 saturated carbocycles. The summed E-state index contributed by atoms with van der Waals surface area (Å²) in [5, 5.41) is 15.2. The first kappa shape index (κ1) is 20.2. The molecule has 3 aromatic rings. The summed E-state index contributed by atoms with van der Waals surface area (Å²) in [5.41, 5.74) is 4.58. The van der Waals surface area contributed by atoms with E-state index in [0.29, 0.717) is 11.8 Å². The van der Waals surface area contributed by atoms with Gasteiger partial charge in [-0.25, -0.2) is 0 Å². The van der Waals surface area contributed by atoms with Gasteiger partial charge in [-0.2, -0.15) is 0 Å². The highest BCUT2D eigenvalue weighted by Crippen LogP contribution is 2.50. The van der Waals surface area contributed by atoms with Crippen molar-refractivity contribution in [2.45, 2.75) is 29.0 Å². The Kier molecular flexibility index (Phi) is 5.47. The Morgan fingerprint density at radius 2 is 1.94 bits per heavy atom. The monoisotopic (exact) mass is 448 g/mol. The summed E-state index contributed by atoms with van der Waals surface area (Å²) in [6.07, 6.45) is 5.46. The van der Waals surface area contributed by atoms with Crippen molar-refractivity contribution in [2.24, 2.45) is 5.92 Å². The molecule has 0 spiro atoms. The number of hydrogen-bond acceptors (Lipinski definition) is 4. The van der Waals surface area contributed by atoms with Crippen molar-refractivity contribution in [1.82, 2.24) is 0 Å². The smallest absolute Gasteiger partial charge is 0.288 e. The van der Waals surface area contributed by atoms with E-state index in [1.54, 1.807) is 12.1 Å². The van der Waals surface area contributed by atoms with Crippen LogP contribution in [0.5, 0.6) is 0 Å². The minimum Gasteiger partial charge on any atom is -0.378 e. The lowest BCUT2D eigenvalue weighted by Gasteiger charge is -2.37. The molecule has 3 atom stereocenters. The van der Waals surface area contributed by atoms with Crippen LogP contribution in [0.4, 0.5) is 11.4 Å². The first-order valence-corrected chi connectivity index (χ1v) is 11.6. The molecular weight excluding hydrogens is 428 g/mol. The topological polar surface area (TPSA) is 55.2 Å². The first-order chi connectivity index (χ1) is 15.1. The number of benzene rings is 3. The van der Waals surface area contributed by atoms with Gasteiger partial charge in [-0.1, -0.05) is 60.2 Å². The first-order valence-electron chi connectivity index (χ1n) is 10.3. The summed E-state index contributed by atoms with van der Waals surface area (Å²) in [7, 11) is 0. The molecule has 0 radical (unpaired) electrons. The fraction of sp³-hybridized carbons (Fsp3) is 0.200. The van der Waals surface area contributed by atoms with Gasteiger partial charge in [0.15, 0.2) is 0 Å². The van der Waals surface area contributed by atoms with Crippen LogP contribution < -0.4 is 5.32 Å². The van der Waals surface area contributed by atoms with Crippen molar-refractivity contribution in [3.8, 4) is 0 Å². The molecular formula is C25H21ClN2O2S. The van der Waals surface area contributed by atoms with Gasteiger partial charge in [-0.3, -0.25) is 10.1 Å². The van der Waals surface area contributed by atoms with E-state index in [1.807, 2.05) is 23.9 Å². The second-order valence-electron chi connectivity index (χ2n) is 7.97. The number of rotatable bonds is 5. The minimum atomic E-state index is -0.413. The number of allylic oxidation sites excluding steroid dienone is 2. The predicted octanol–water partition coefficient (Wildman–Crippen LogP) is 7.37. The fourth-order valence-corrected chi connectivity index (χ4v) is 5.66. The van der Waals surface area contributed by atoms with Crippen molar-refractivity contribution in [2.75, 3.05) is 5.32 Å². The maximum absolute atomic E-state index is 11.4. The number of halogens is 1. The highest BCUT2D eigenvalue weighted by Gasteiger charge is 2.38. The van der Waals surface area contributed by atoms with E-state index >= 15 is 0 Å². The predicted molar refractivity (Wildman–Crippen MR) is 127 cm³/mol. The van der Waals surface area contributed by atoms with Crippen molar-refractivity contribution < 1.29 is 4.92 Å². The van der Waals surface area contributed by atoms with Crippen LogP contribution in [0.15, 0.2) is 83.8 Å². The van der Waals surface area contributed by atoms with E-state index in [-0.39, 0.29) is 16.8 Å². The second-order valence-corrected chi connectivity index (χ2v) is 9.42. The molecule has 5 rings (SSSR count). The average molecular weight is 449 g/mol. The zero-order valence-electron chi connectivity index (χ0n) is 16.7. The SMILES string of the molecule is O=[N+]([O-])c1cc([C@@H]2Nc3ccc(CSc4ccccc4)cc3[C@H]3C=CC[C@H]32)ccc1Cl. The van der Waals surface area contributed by atoms with Crippen molar-refractivity contribution in [3.63, 3.8) is 0 Å². The van der Waals surface area contributed by atoms with Gasteiger partial charge in [-0.05, 0) is 53.3 Å². The highest BCUT2D eigenvalue weighted by atomic mass is 35.5. The summed E-state index contributed by atoms with van der Waals surface area (Å²) < 4.78 is 0. The number of nitrogens with one attached hydrogen (secondary N) is 1. The number of nitrogens with zero attached hydrogens (tertiary/aromatic N) is 1. The molecule has 1 aliphatic heterocycles. The maximum Gasteiger partial charge on any atom is 0.288 e. The lowest BCUT2D eigenvalue weighted by atomic mass is 9.76. The van der Waals surface area contributed by atoms with E-state index in [4.69, 9.17) is 11.6 Å². The summed E-state index contributed by atoms with van der Waals surface area (Å²) in [6.45, 7) is 0. The number of nitro benzene ring substituents is 1. The minimum absolute atomic E-state index is 0.00742. The van der Waals surface area contributed by atoms with Gasteiger partial charge in [-0.15, -0.1) is 11.8 Å². The largest absolute Gasteiger partial charge is 0.378 e. The van der Waals surface area contributed by atoms with Crippen LogP contribution in [-0.2, 0) is 5.75 Å². The van der Waals surface area contributed by atoms with Gasteiger partial charge >= 0.3 is 0 Å². The molecule has 1 aliphatic carbocycles. The third-order valence-electron chi connectivity index (χ3n) is 6.10. The van der Waals surface area contributed by atoms with E-state index in [1.165, 1.54) is 16.0 Å². The Morgan fingerprint density at radius 3 is 2.74 bits per heavy atom. The van der Waals surface area contributed by atoms with E-state index in [2.05, 4.69) is 59.9 Å². The maximum atomic E-state index is 11.4. The van der Waals surface area contributed by atoms with Crippen LogP contribution in [0.1, 0.15) is 35.1 Å². The quantitative estimate of drug-likeness (QED) is 0.191. The standard InChI is InChI=1S/C25H21ClN2O2S/c26-22-11-10-17(14-24(22)28(29)30)25-20-8-4-7-19(20)21-13-16(9-12-23(21)27-25)15-31-18-5-2-1-3-6-18/h1-7,9-14,19-20,25,27H,8,15H2/t19-,20+,25-/m0/s1. The third-order valence-corrected chi connectivity index (χ3v) is 7.50. The lowest BCUT2D eigenvalue weighted by molar-refractivity contribution is -0.384. The van der Waals surface area contributed by atoms with Gasteiger partial charge in [0.2, 0.25) is 0 Å². The molecule has 1 N–H and O–H groups in total. The summed E-state index contributed by atoms with van der Waals surface area (Å²) in [6, 6.07) is 22.2. The van der Waals surface area contributed by atoms with Crippen LogP contribution in [0.3, 0.4) is 0 Å². The van der Waals surface area contributed by atoms with E-state index < -0.39 is 4.92 Å². The molecule has 0 unspecified atom stereocenters. The zero-order valence-corrected chi connectivity index (χ0v) is 18.3. The molecule has 156 valence electrons. The van der Waals surface area contributed by atoms with Crippen LogP contribution in [0.2, 0.25) is 5.02 Å². The lowest BCUT2D eigenvalue weighted by Crippen LogP contribution is -2.29. The van der Waals surface area contributed by atoms with Crippen molar-refractivity contribution >= 4 is 34.7 Å². The Morgan fingerprint density at radius 1 is 1.10 bits per heavy atom. The van der Waals surface area contributed by atoms with E-state index in [0.717, 1.165) is 23.4 Å². The molecule has 31 heavy (non-hydrogen) atoms. The molecule has 1 heterocycles. The molecule has 2 aliphatic rings. The third kappa shape index (κ3) is 3.95. The van der Waals surface area contributed by atoms with E-state index in [9.17, 15) is 10.1 Å². The number of nitro groups is 1. The van der Waals surface area contributed by atoms with Crippen LogP contribution in [-0.4, -0.2) is 4.92 Å². The molecule has 0 saturated heterocycles. The zero-order chi connectivity index (χ0) is 21.4. The molecule has 3 aromatic carbocycles. The van der Waals surface area contributed by atoms with Gasteiger partial charge in [0.25, 0.3) is 5.69 Å². The van der Waals surface area contributed by atoms with Gasteiger partial charge in [0.05, 0.1) is 11.0 Å². The van der Waals surface area contributed by atoms with Crippen molar-refractivity contribution in [3.05, 3.63) is 111 Å². The normalized spacial score (nSPS) is 21.3. The Bertz CT molecular complexity index is 1170. The summed E-state index contributed by atoms with van der Waals surface area (Å²) in [4.78, 5) is 12.2. The molecule has 0 aromatic heterocycles. The van der Waals surface area contributed by atoms with Crippen LogP contribution in [0, 0.1) is 16.0 Å². The Labute approximate surface area is 190 Å². The molecule has 6 heteroatoms. The Balaban J connectivity index is 1.43. The molecule has 0 amide bonds. The second kappa shape index (κ2) is 8.40. The van der Waals surface area contributed by atoms with Gasteiger partial charge < -0.3 is 5.32 Å². The fourth-order valence-electron chi connectivity index (χ4n) is 4.61. The molecule has 0 fully saturated rings. The highest BCUT2D eigenvalue weighted by molar-refractivity contribution is 7.98. The number of anilines is 1. The number of thioether (sulfide) groups is 1. The molecule has 0 bridgehead atoms. The molecule has 4 nitrogen and oxygen atoms in total. The average Bonchev–Trinajstić information content (AvgIpc) is 3.28. The van der Waals surface area contributed by atoms with Gasteiger partial charge in [0.1, 0.15) is 5.02 Å². The van der Waals surface area contributed by atoms with Crippen LogP contribution >= 0.6 is 23.4 Å². The number of hydrogen-bond donors (Lipinski definition) is 1. The summed E-state index contributed by atoms with van der Waals surface area (Å²) in [5.74, 6) is 1.55. The van der Waals surface area contributed by atoms with Crippen molar-refractivity contribution in [1.29, 1.82) is 0 Å². The Hall–Kier alpha value is -2.76. The van der Waals surface area contributed by atoms with Crippen LogP contribution in [0.25, 0.3) is 0 Å². The van der Waals surface area contributed by atoms with Gasteiger partial charge in [0, 0.05) is 28.3 Å². The summed E-state index contributed by atoms with van der Waals surface area (Å²) >= 11 is 7.88. The number of fused-ring (bicyclic) bond motifs is 3.